The van der Waals surface area contributed by atoms with Crippen molar-refractivity contribution in [1.82, 2.24) is 14.5 Å². The van der Waals surface area contributed by atoms with Gasteiger partial charge in [-0.25, -0.2) is 4.98 Å². The van der Waals surface area contributed by atoms with E-state index in [4.69, 9.17) is 21.1 Å². The SMILES string of the molecule is CCCCN(Cn1ccnc1)C(Cc1cc2c(cc1Cl)OCO2)(c1ccccc1)c1ccccc1. The van der Waals surface area contributed by atoms with Gasteiger partial charge in [0.05, 0.1) is 18.5 Å². The quantitative estimate of drug-likeness (QED) is 0.255. The van der Waals surface area contributed by atoms with Gasteiger partial charge in [0.2, 0.25) is 6.79 Å². The highest BCUT2D eigenvalue weighted by Gasteiger charge is 2.41. The number of fused-ring (bicyclic) bond motifs is 1. The first-order valence-corrected chi connectivity index (χ1v) is 12.5. The molecule has 0 fully saturated rings. The molecule has 3 aromatic carbocycles. The lowest BCUT2D eigenvalue weighted by molar-refractivity contribution is 0.0814. The Labute approximate surface area is 211 Å². The zero-order valence-corrected chi connectivity index (χ0v) is 20.7. The minimum absolute atomic E-state index is 0.223. The van der Waals surface area contributed by atoms with E-state index in [0.717, 1.165) is 30.7 Å². The Balaban J connectivity index is 1.71. The molecule has 0 radical (unpaired) electrons. The zero-order valence-electron chi connectivity index (χ0n) is 19.9. The van der Waals surface area contributed by atoms with Crippen LogP contribution in [0.4, 0.5) is 0 Å². The Morgan fingerprint density at radius 1 is 0.971 bits per heavy atom. The van der Waals surface area contributed by atoms with E-state index in [0.29, 0.717) is 23.9 Å². The Hall–Kier alpha value is -3.28. The van der Waals surface area contributed by atoms with Crippen LogP contribution in [-0.4, -0.2) is 27.8 Å². The highest BCUT2D eigenvalue weighted by Crippen LogP contribution is 2.44. The molecule has 0 saturated heterocycles. The second-order valence-electron chi connectivity index (χ2n) is 8.90. The third-order valence-corrected chi connectivity index (χ3v) is 7.06. The monoisotopic (exact) mass is 487 g/mol. The molecular formula is C29H30ClN3O2. The highest BCUT2D eigenvalue weighted by molar-refractivity contribution is 6.31. The van der Waals surface area contributed by atoms with Crippen molar-refractivity contribution in [2.24, 2.45) is 0 Å². The molecule has 0 spiro atoms. The molecule has 5 nitrogen and oxygen atoms in total. The predicted octanol–water partition coefficient (Wildman–Crippen LogP) is 6.51. The number of benzene rings is 3. The summed E-state index contributed by atoms with van der Waals surface area (Å²) in [6.07, 6.45) is 8.59. The summed E-state index contributed by atoms with van der Waals surface area (Å²) in [5.41, 5.74) is 2.99. The Bertz CT molecular complexity index is 1190. The van der Waals surface area contributed by atoms with Gasteiger partial charge in [-0.1, -0.05) is 85.6 Å². The number of ether oxygens (including phenoxy) is 2. The topological polar surface area (TPSA) is 39.5 Å². The molecule has 180 valence electrons. The molecule has 35 heavy (non-hydrogen) atoms. The fraction of sp³-hybridized carbons (Fsp3) is 0.276. The molecule has 0 bridgehead atoms. The average Bonchev–Trinajstić information content (AvgIpc) is 3.58. The van der Waals surface area contributed by atoms with Crippen molar-refractivity contribution in [2.75, 3.05) is 13.3 Å². The van der Waals surface area contributed by atoms with Crippen LogP contribution in [0.1, 0.15) is 36.5 Å². The largest absolute Gasteiger partial charge is 0.454 e. The van der Waals surface area contributed by atoms with Crippen LogP contribution in [-0.2, 0) is 18.6 Å². The van der Waals surface area contributed by atoms with E-state index in [1.807, 2.05) is 30.9 Å². The maximum Gasteiger partial charge on any atom is 0.231 e. The number of nitrogens with zero attached hydrogens (tertiary/aromatic N) is 3. The molecule has 4 aromatic rings. The normalized spacial score (nSPS) is 12.9. The zero-order chi connectivity index (χ0) is 24.1. The van der Waals surface area contributed by atoms with E-state index in [1.165, 1.54) is 11.1 Å². The maximum absolute atomic E-state index is 6.87. The number of unbranched alkanes of at least 4 members (excludes halogenated alkanes) is 1. The van der Waals surface area contributed by atoms with E-state index in [2.05, 4.69) is 82.0 Å². The summed E-state index contributed by atoms with van der Waals surface area (Å²) in [6.45, 7) is 4.07. The first-order chi connectivity index (χ1) is 17.2. The van der Waals surface area contributed by atoms with Crippen LogP contribution in [0, 0.1) is 0 Å². The molecule has 6 heteroatoms. The fourth-order valence-electron chi connectivity index (χ4n) is 4.94. The van der Waals surface area contributed by atoms with Crippen molar-refractivity contribution in [3.63, 3.8) is 0 Å². The smallest absolute Gasteiger partial charge is 0.231 e. The van der Waals surface area contributed by atoms with Gasteiger partial charge in [-0.15, -0.1) is 0 Å². The lowest BCUT2D eigenvalue weighted by Crippen LogP contribution is -2.50. The van der Waals surface area contributed by atoms with Crippen LogP contribution in [0.15, 0.2) is 91.5 Å². The van der Waals surface area contributed by atoms with Gasteiger partial charge in [0, 0.05) is 36.4 Å². The van der Waals surface area contributed by atoms with Crippen LogP contribution in [0.5, 0.6) is 11.5 Å². The van der Waals surface area contributed by atoms with Gasteiger partial charge < -0.3 is 14.0 Å². The van der Waals surface area contributed by atoms with Crippen LogP contribution in [0.3, 0.4) is 0 Å². The Morgan fingerprint density at radius 2 is 1.63 bits per heavy atom. The van der Waals surface area contributed by atoms with E-state index in [-0.39, 0.29) is 6.79 Å². The van der Waals surface area contributed by atoms with Gasteiger partial charge in [-0.3, -0.25) is 4.90 Å². The molecule has 0 N–H and O–H groups in total. The summed E-state index contributed by atoms with van der Waals surface area (Å²) in [5, 5.41) is 0.684. The number of hydrogen-bond acceptors (Lipinski definition) is 4. The van der Waals surface area contributed by atoms with Crippen molar-refractivity contribution in [3.05, 3.63) is 113 Å². The van der Waals surface area contributed by atoms with E-state index in [1.54, 1.807) is 0 Å². The number of imidazole rings is 1. The lowest BCUT2D eigenvalue weighted by Gasteiger charge is -2.46. The minimum atomic E-state index is -0.473. The Morgan fingerprint density at radius 3 is 2.23 bits per heavy atom. The molecule has 0 atom stereocenters. The minimum Gasteiger partial charge on any atom is -0.454 e. The van der Waals surface area contributed by atoms with Crippen LogP contribution in [0.2, 0.25) is 5.02 Å². The molecule has 0 aliphatic carbocycles. The highest BCUT2D eigenvalue weighted by atomic mass is 35.5. The Kier molecular flexibility index (Phi) is 7.07. The molecule has 0 saturated carbocycles. The molecule has 1 aromatic heterocycles. The van der Waals surface area contributed by atoms with Gasteiger partial charge in [0.25, 0.3) is 0 Å². The van der Waals surface area contributed by atoms with Crippen molar-refractivity contribution in [3.8, 4) is 11.5 Å². The second kappa shape index (κ2) is 10.5. The molecular weight excluding hydrogens is 458 g/mol. The summed E-state index contributed by atoms with van der Waals surface area (Å²) in [5.74, 6) is 1.44. The fourth-order valence-corrected chi connectivity index (χ4v) is 5.17. The third-order valence-electron chi connectivity index (χ3n) is 6.71. The molecule has 0 amide bonds. The summed E-state index contributed by atoms with van der Waals surface area (Å²) in [6, 6.07) is 25.4. The van der Waals surface area contributed by atoms with Gasteiger partial charge in [0.1, 0.15) is 0 Å². The summed E-state index contributed by atoms with van der Waals surface area (Å²) in [7, 11) is 0. The molecule has 5 rings (SSSR count). The van der Waals surface area contributed by atoms with Gasteiger partial charge in [0.15, 0.2) is 11.5 Å². The third kappa shape index (κ3) is 4.79. The van der Waals surface area contributed by atoms with Gasteiger partial charge in [-0.2, -0.15) is 0 Å². The lowest BCUT2D eigenvalue weighted by atomic mass is 9.76. The summed E-state index contributed by atoms with van der Waals surface area (Å²) >= 11 is 6.87. The molecule has 2 heterocycles. The predicted molar refractivity (Wildman–Crippen MR) is 139 cm³/mol. The summed E-state index contributed by atoms with van der Waals surface area (Å²) in [4.78, 5) is 6.86. The first kappa shape index (κ1) is 23.5. The van der Waals surface area contributed by atoms with Crippen molar-refractivity contribution in [1.29, 1.82) is 0 Å². The van der Waals surface area contributed by atoms with Crippen molar-refractivity contribution < 1.29 is 9.47 Å². The average molecular weight is 488 g/mol. The molecule has 1 aliphatic heterocycles. The first-order valence-electron chi connectivity index (χ1n) is 12.1. The number of hydrogen-bond donors (Lipinski definition) is 0. The number of aromatic nitrogens is 2. The molecule has 1 aliphatic rings. The van der Waals surface area contributed by atoms with E-state index in [9.17, 15) is 0 Å². The van der Waals surface area contributed by atoms with E-state index >= 15 is 0 Å². The van der Waals surface area contributed by atoms with E-state index < -0.39 is 5.54 Å². The standard InChI is InChI=1S/C29H30ClN3O2/c1-2-3-15-33(21-32-16-14-31-20-32)29(24-10-6-4-7-11-24,25-12-8-5-9-13-25)19-23-17-27-28(18-26(23)30)35-22-34-27/h4-14,16-18,20H,2-3,15,19,21-22H2,1H3. The van der Waals surface area contributed by atoms with Crippen LogP contribution in [0.25, 0.3) is 0 Å². The number of halogens is 1. The maximum atomic E-state index is 6.87. The number of rotatable bonds is 10. The second-order valence-corrected chi connectivity index (χ2v) is 9.31. The summed E-state index contributed by atoms with van der Waals surface area (Å²) < 4.78 is 13.4. The van der Waals surface area contributed by atoms with Crippen LogP contribution >= 0.6 is 11.6 Å². The van der Waals surface area contributed by atoms with Crippen molar-refractivity contribution >= 4 is 11.6 Å². The van der Waals surface area contributed by atoms with Gasteiger partial charge in [-0.05, 0) is 29.2 Å². The molecule has 0 unspecified atom stereocenters. The van der Waals surface area contributed by atoms with Crippen LogP contribution < -0.4 is 9.47 Å². The van der Waals surface area contributed by atoms with Crippen molar-refractivity contribution in [2.45, 2.75) is 38.4 Å². The van der Waals surface area contributed by atoms with Gasteiger partial charge >= 0.3 is 0 Å².